The Kier molecular flexibility index (Phi) is 78.1. The van der Waals surface area contributed by atoms with E-state index in [0.717, 1.165) is 7.11 Å². The van der Waals surface area contributed by atoms with Gasteiger partial charge in [-0.1, -0.05) is 0 Å². The van der Waals surface area contributed by atoms with E-state index in [1.165, 1.54) is 0 Å². The van der Waals surface area contributed by atoms with Crippen molar-refractivity contribution >= 4 is 51.4 Å². The monoisotopic (exact) mass is 122 g/mol. The molecule has 0 saturated carbocycles. The van der Waals surface area contributed by atoms with Gasteiger partial charge in [-0.05, 0) is 0 Å². The third-order valence-corrected chi connectivity index (χ3v) is 0. The van der Waals surface area contributed by atoms with Gasteiger partial charge in [-0.15, -0.1) is 0 Å². The van der Waals surface area contributed by atoms with Crippen LogP contribution in [0.15, 0.2) is 0 Å². The van der Waals surface area contributed by atoms with Gasteiger partial charge in [0.15, 0.2) is 0 Å². The first-order valence-electron chi connectivity index (χ1n) is 0.447. The van der Waals surface area contributed by atoms with Gasteiger partial charge in [0.25, 0.3) is 0 Å². The Labute approximate surface area is 80.5 Å². The fourth-order valence-corrected chi connectivity index (χ4v) is 0. The molecule has 0 fully saturated rings. The second-order valence-corrected chi connectivity index (χ2v) is 0. The van der Waals surface area contributed by atoms with E-state index >= 15 is 0 Å². The van der Waals surface area contributed by atoms with Crippen molar-refractivity contribution in [2.45, 2.75) is 0 Å². The summed E-state index contributed by atoms with van der Waals surface area (Å²) in [4.78, 5) is 0. The molecule has 0 aliphatic carbocycles. The predicted molar refractivity (Wildman–Crippen MR) is 13.9 cm³/mol. The number of aliphatic hydroxyl groups excluding tert-OH is 1. The Hall–Kier alpha value is 2.18. The van der Waals surface area contributed by atoms with E-state index < -0.39 is 0 Å². The predicted octanol–water partition coefficient (Wildman–Crippen LogP) is -0.775. The minimum Gasteiger partial charge on any atom is -0.400 e. The first kappa shape index (κ1) is 16.4. The molecule has 4 heavy (non-hydrogen) atoms. The number of hydrogen-bond acceptors (Lipinski definition) is 1. The molecule has 0 aliphatic rings. The van der Waals surface area contributed by atoms with Gasteiger partial charge in [0.1, 0.15) is 0 Å². The van der Waals surface area contributed by atoms with Gasteiger partial charge in [0.2, 0.25) is 0 Å². The third kappa shape index (κ3) is 8.89. The second-order valence-electron chi connectivity index (χ2n) is 0. The van der Waals surface area contributed by atoms with Crippen LogP contribution in [0.25, 0.3) is 0 Å². The SMILES string of the molecule is CO.[K].[V]. The van der Waals surface area contributed by atoms with E-state index in [9.17, 15) is 0 Å². The van der Waals surface area contributed by atoms with Crippen LogP contribution >= 0.6 is 0 Å². The van der Waals surface area contributed by atoms with Crippen molar-refractivity contribution in [1.29, 1.82) is 0 Å². The zero-order chi connectivity index (χ0) is 2.00. The molecule has 0 unspecified atom stereocenters. The Balaban J connectivity index is -0.00000000500. The second kappa shape index (κ2) is 19.0. The smallest absolute Gasteiger partial charge is 0.0319 e. The molecule has 0 bridgehead atoms. The molecule has 0 amide bonds. The molecule has 0 aromatic rings. The van der Waals surface area contributed by atoms with Crippen LogP contribution in [-0.2, 0) is 18.6 Å². The van der Waals surface area contributed by atoms with Gasteiger partial charge in [-0.25, -0.2) is 0 Å². The molecule has 1 N–H and O–H groups in total. The van der Waals surface area contributed by atoms with Crippen molar-refractivity contribution in [3.05, 3.63) is 0 Å². The van der Waals surface area contributed by atoms with Gasteiger partial charge >= 0.3 is 0 Å². The summed E-state index contributed by atoms with van der Waals surface area (Å²) in [5.41, 5.74) is 0. The summed E-state index contributed by atoms with van der Waals surface area (Å²) in [5.74, 6) is 0. The van der Waals surface area contributed by atoms with Crippen molar-refractivity contribution in [1.82, 2.24) is 0 Å². The molecular formula is CH4KOV. The van der Waals surface area contributed by atoms with E-state index in [1.54, 1.807) is 0 Å². The quantitative estimate of drug-likeness (QED) is 0.418. The molecule has 0 rings (SSSR count). The molecule has 3 heteroatoms. The maximum Gasteiger partial charge on any atom is 0.0319 e. The van der Waals surface area contributed by atoms with Gasteiger partial charge in [0.05, 0.1) is 0 Å². The standard InChI is InChI=1S/CH4O.K.V/c1-2;;/h2H,1H3;;. The van der Waals surface area contributed by atoms with Crippen LogP contribution in [0.1, 0.15) is 0 Å². The largest absolute Gasteiger partial charge is 0.400 e. The summed E-state index contributed by atoms with van der Waals surface area (Å²) in [6, 6.07) is 0. The fourth-order valence-electron chi connectivity index (χ4n) is 0. The van der Waals surface area contributed by atoms with Crippen LogP contribution < -0.4 is 0 Å². The zero-order valence-electron chi connectivity index (χ0n) is 2.89. The van der Waals surface area contributed by atoms with E-state index in [0.29, 0.717) is 0 Å². The van der Waals surface area contributed by atoms with Gasteiger partial charge < -0.3 is 5.11 Å². The van der Waals surface area contributed by atoms with Crippen LogP contribution in [0, 0.1) is 0 Å². The zero-order valence-corrected chi connectivity index (χ0v) is 7.41. The Morgan fingerprint density at radius 3 is 1.25 bits per heavy atom. The number of rotatable bonds is 0. The Morgan fingerprint density at radius 1 is 1.25 bits per heavy atom. The topological polar surface area (TPSA) is 20.2 Å². The molecule has 0 aliphatic heterocycles. The van der Waals surface area contributed by atoms with Crippen molar-refractivity contribution in [2.75, 3.05) is 7.11 Å². The molecular weight excluding hydrogens is 118 g/mol. The van der Waals surface area contributed by atoms with Crippen LogP contribution in [0.3, 0.4) is 0 Å². The van der Waals surface area contributed by atoms with Crippen molar-refractivity contribution < 1.29 is 23.7 Å². The third-order valence-electron chi connectivity index (χ3n) is 0. The van der Waals surface area contributed by atoms with Gasteiger partial charge in [-0.3, -0.25) is 0 Å². The molecule has 0 spiro atoms. The normalized spacial score (nSPS) is 1.50. The van der Waals surface area contributed by atoms with E-state index in [-0.39, 0.29) is 69.9 Å². The summed E-state index contributed by atoms with van der Waals surface area (Å²) >= 11 is 0. The average Bonchev–Trinajstić information content (AvgIpc) is 1.00. The van der Waals surface area contributed by atoms with Crippen LogP contribution in [0.2, 0.25) is 0 Å². The van der Waals surface area contributed by atoms with Crippen molar-refractivity contribution in [3.8, 4) is 0 Å². The maximum atomic E-state index is 7.00. The number of hydrogen-bond donors (Lipinski definition) is 1. The summed E-state index contributed by atoms with van der Waals surface area (Å²) in [5, 5.41) is 7.00. The van der Waals surface area contributed by atoms with Crippen molar-refractivity contribution in [2.24, 2.45) is 0 Å². The van der Waals surface area contributed by atoms with E-state index in [2.05, 4.69) is 0 Å². The van der Waals surface area contributed by atoms with Gasteiger partial charge in [-0.2, -0.15) is 0 Å². The Bertz CT molecular complexity index is 8.00. The summed E-state index contributed by atoms with van der Waals surface area (Å²) in [7, 11) is 1.00. The molecule has 0 saturated heterocycles. The van der Waals surface area contributed by atoms with Crippen LogP contribution in [0.5, 0.6) is 0 Å². The fraction of sp³-hybridized carbons (Fsp3) is 1.00. The number of aliphatic hydroxyl groups is 1. The first-order chi connectivity index (χ1) is 1.00. The molecule has 0 aromatic heterocycles. The van der Waals surface area contributed by atoms with E-state index in [4.69, 9.17) is 5.11 Å². The molecule has 1 nitrogen and oxygen atoms in total. The minimum absolute atomic E-state index is 0. The molecule has 20 valence electrons. The summed E-state index contributed by atoms with van der Waals surface area (Å²) < 4.78 is 0. The van der Waals surface area contributed by atoms with Gasteiger partial charge in [0, 0.05) is 77.1 Å². The molecule has 0 aromatic carbocycles. The van der Waals surface area contributed by atoms with E-state index in [1.807, 2.05) is 0 Å². The summed E-state index contributed by atoms with van der Waals surface area (Å²) in [6.45, 7) is 0. The minimum atomic E-state index is 0. The average molecular weight is 122 g/mol. The van der Waals surface area contributed by atoms with Crippen molar-refractivity contribution in [3.63, 3.8) is 0 Å². The first-order valence-corrected chi connectivity index (χ1v) is 0.447. The summed E-state index contributed by atoms with van der Waals surface area (Å²) in [6.07, 6.45) is 0. The maximum absolute atomic E-state index is 7.00. The Morgan fingerprint density at radius 2 is 1.25 bits per heavy atom. The molecule has 0 heterocycles. The molecule has 2 radical (unpaired) electrons. The molecule has 0 atom stereocenters. The van der Waals surface area contributed by atoms with Crippen LogP contribution in [0.4, 0.5) is 0 Å². The van der Waals surface area contributed by atoms with Crippen LogP contribution in [-0.4, -0.2) is 63.6 Å².